The van der Waals surface area contributed by atoms with Crippen molar-refractivity contribution in [2.45, 2.75) is 31.8 Å². The Balaban J connectivity index is 1.51. The second-order valence-corrected chi connectivity index (χ2v) is 8.25. The maximum atomic E-state index is 12.7. The van der Waals surface area contributed by atoms with Crippen molar-refractivity contribution in [1.82, 2.24) is 10.5 Å². The molecule has 2 aromatic carbocycles. The number of carbonyl (C=O) groups is 1. The van der Waals surface area contributed by atoms with E-state index in [4.69, 9.17) is 4.52 Å². The highest BCUT2D eigenvalue weighted by Crippen LogP contribution is 2.48. The van der Waals surface area contributed by atoms with E-state index in [2.05, 4.69) is 21.4 Å². The Morgan fingerprint density at radius 1 is 1.22 bits per heavy atom. The maximum absolute atomic E-state index is 12.7. The van der Waals surface area contributed by atoms with Crippen molar-refractivity contribution in [2.24, 2.45) is 0 Å². The first-order valence-electron chi connectivity index (χ1n) is 10.5. The Kier molecular flexibility index (Phi) is 4.80. The molecule has 2 aliphatic rings. The van der Waals surface area contributed by atoms with E-state index >= 15 is 0 Å². The van der Waals surface area contributed by atoms with Crippen LogP contribution in [0, 0.1) is 17.0 Å². The van der Waals surface area contributed by atoms with Crippen LogP contribution in [-0.4, -0.2) is 35.6 Å². The van der Waals surface area contributed by atoms with E-state index in [9.17, 15) is 14.9 Å². The molecule has 0 bridgehead atoms. The summed E-state index contributed by atoms with van der Waals surface area (Å²) in [5.74, 6) is 0.314. The Labute approximate surface area is 184 Å². The van der Waals surface area contributed by atoms with Crippen LogP contribution in [0.4, 0.5) is 22.7 Å². The predicted molar refractivity (Wildman–Crippen MR) is 119 cm³/mol. The number of aromatic nitrogens is 1. The van der Waals surface area contributed by atoms with Crippen LogP contribution in [0.25, 0.3) is 0 Å². The molecule has 0 spiro atoms. The number of piperidine rings is 1. The van der Waals surface area contributed by atoms with E-state index < -0.39 is 0 Å². The molecule has 5 rings (SSSR count). The largest absolute Gasteiger partial charge is 0.363 e. The number of hydrogen-bond donors (Lipinski definition) is 1. The van der Waals surface area contributed by atoms with Crippen molar-refractivity contribution < 1.29 is 14.2 Å². The van der Waals surface area contributed by atoms with Gasteiger partial charge >= 0.3 is 0 Å². The number of para-hydroxylation sites is 1. The lowest BCUT2D eigenvalue weighted by Gasteiger charge is -2.41. The smallest absolute Gasteiger partial charge is 0.271 e. The summed E-state index contributed by atoms with van der Waals surface area (Å²) >= 11 is 0. The van der Waals surface area contributed by atoms with Crippen LogP contribution in [0.5, 0.6) is 0 Å². The number of nitrogens with one attached hydrogen (secondary N) is 1. The molecule has 164 valence electrons. The molecule has 3 heterocycles. The van der Waals surface area contributed by atoms with Gasteiger partial charge in [-0.2, -0.15) is 0 Å². The lowest BCUT2D eigenvalue weighted by molar-refractivity contribution is -0.384. The van der Waals surface area contributed by atoms with Crippen molar-refractivity contribution in [3.05, 3.63) is 75.7 Å². The minimum atomic E-state index is -0.364. The zero-order valence-corrected chi connectivity index (χ0v) is 17.8. The monoisotopic (exact) mass is 433 g/mol. The number of benzene rings is 2. The van der Waals surface area contributed by atoms with E-state index in [1.807, 2.05) is 36.2 Å². The Morgan fingerprint density at radius 3 is 2.78 bits per heavy atom. The Bertz CT molecular complexity index is 1210. The molecule has 0 aliphatic carbocycles. The fourth-order valence-electron chi connectivity index (χ4n) is 4.80. The molecule has 0 saturated carbocycles. The van der Waals surface area contributed by atoms with Crippen LogP contribution < -0.4 is 15.1 Å². The molecule has 32 heavy (non-hydrogen) atoms. The van der Waals surface area contributed by atoms with Crippen LogP contribution in [-0.2, 0) is 0 Å². The lowest BCUT2D eigenvalue weighted by Crippen LogP contribution is -2.46. The zero-order valence-electron chi connectivity index (χ0n) is 17.8. The summed E-state index contributed by atoms with van der Waals surface area (Å²) in [7, 11) is 1.94. The first-order chi connectivity index (χ1) is 15.4. The fourth-order valence-corrected chi connectivity index (χ4v) is 4.80. The first kappa shape index (κ1) is 20.0. The van der Waals surface area contributed by atoms with Gasteiger partial charge in [-0.3, -0.25) is 14.9 Å². The number of nitro benzene ring substituents is 1. The summed E-state index contributed by atoms with van der Waals surface area (Å²) in [6.07, 6.45) is 2.92. The topological polar surface area (TPSA) is 105 Å². The molecule has 1 amide bonds. The number of amides is 1. The van der Waals surface area contributed by atoms with Crippen molar-refractivity contribution in [2.75, 3.05) is 23.4 Å². The van der Waals surface area contributed by atoms with Gasteiger partial charge in [0.25, 0.3) is 11.6 Å². The SMILES string of the molecule is Cc1oncc1C(=O)N[C@H]1CCN2c3ccc([N+](=O)[O-])cc3N(C)c3ccccc3[C@@H]2C1. The molecule has 0 radical (unpaired) electrons. The van der Waals surface area contributed by atoms with E-state index in [1.165, 1.54) is 6.20 Å². The van der Waals surface area contributed by atoms with Crippen LogP contribution in [0.15, 0.2) is 53.2 Å². The molecule has 9 nitrogen and oxygen atoms in total. The third-order valence-corrected chi connectivity index (χ3v) is 6.43. The van der Waals surface area contributed by atoms with Gasteiger partial charge in [-0.15, -0.1) is 0 Å². The van der Waals surface area contributed by atoms with Gasteiger partial charge in [0.05, 0.1) is 28.5 Å². The normalized spacial score (nSPS) is 19.4. The van der Waals surface area contributed by atoms with Gasteiger partial charge in [-0.1, -0.05) is 23.4 Å². The molecule has 1 N–H and O–H groups in total. The van der Waals surface area contributed by atoms with Crippen molar-refractivity contribution in [3.63, 3.8) is 0 Å². The van der Waals surface area contributed by atoms with Crippen LogP contribution >= 0.6 is 0 Å². The highest BCUT2D eigenvalue weighted by atomic mass is 16.6. The maximum Gasteiger partial charge on any atom is 0.271 e. The van der Waals surface area contributed by atoms with Gasteiger partial charge < -0.3 is 19.6 Å². The minimum absolute atomic E-state index is 0.0176. The van der Waals surface area contributed by atoms with Gasteiger partial charge in [0.1, 0.15) is 11.3 Å². The average Bonchev–Trinajstić information content (AvgIpc) is 3.20. The number of fused-ring (bicyclic) bond motifs is 5. The predicted octanol–water partition coefficient (Wildman–Crippen LogP) is 4.11. The average molecular weight is 433 g/mol. The molecule has 3 aromatic rings. The molecule has 1 saturated heterocycles. The number of non-ortho nitro benzene ring substituents is 1. The second kappa shape index (κ2) is 7.67. The second-order valence-electron chi connectivity index (χ2n) is 8.25. The van der Waals surface area contributed by atoms with E-state index in [0.717, 1.165) is 35.5 Å². The quantitative estimate of drug-likeness (QED) is 0.489. The molecule has 2 aliphatic heterocycles. The summed E-state index contributed by atoms with van der Waals surface area (Å²) in [6.45, 7) is 2.43. The Morgan fingerprint density at radius 2 is 2.03 bits per heavy atom. The van der Waals surface area contributed by atoms with Crippen LogP contribution in [0.3, 0.4) is 0 Å². The van der Waals surface area contributed by atoms with Gasteiger partial charge in [0.2, 0.25) is 0 Å². The summed E-state index contributed by atoms with van der Waals surface area (Å²) in [5, 5.41) is 18.2. The van der Waals surface area contributed by atoms with Gasteiger partial charge in [-0.25, -0.2) is 0 Å². The third-order valence-electron chi connectivity index (χ3n) is 6.43. The summed E-state index contributed by atoms with van der Waals surface area (Å²) in [4.78, 5) is 28.1. The number of anilines is 3. The number of carbonyl (C=O) groups excluding carboxylic acids is 1. The van der Waals surface area contributed by atoms with Crippen molar-refractivity contribution >= 4 is 28.7 Å². The van der Waals surface area contributed by atoms with Gasteiger partial charge in [0, 0.05) is 37.5 Å². The van der Waals surface area contributed by atoms with E-state index in [0.29, 0.717) is 17.9 Å². The molecule has 0 unspecified atom stereocenters. The molecule has 9 heteroatoms. The van der Waals surface area contributed by atoms with E-state index in [-0.39, 0.29) is 28.6 Å². The zero-order chi connectivity index (χ0) is 22.4. The Hall–Kier alpha value is -3.88. The number of nitro groups is 1. The number of aryl methyl sites for hydroxylation is 1. The summed E-state index contributed by atoms with van der Waals surface area (Å²) in [6, 6.07) is 13.1. The highest BCUT2D eigenvalue weighted by Gasteiger charge is 2.37. The van der Waals surface area contributed by atoms with Crippen molar-refractivity contribution in [3.8, 4) is 0 Å². The van der Waals surface area contributed by atoms with Gasteiger partial charge in [-0.05, 0) is 37.5 Å². The minimum Gasteiger partial charge on any atom is -0.363 e. The standard InChI is InChI=1S/C23H23N5O4/c1-14-18(13-24-32-14)23(29)25-15-9-10-27-20-8-7-16(28(30)31)12-22(20)26(2)19-6-4-3-5-17(19)21(27)11-15/h3-8,12-13,15,21H,9-11H2,1-2H3,(H,25,29)/t15-,21-/m0/s1. The molecular formula is C23H23N5O4. The highest BCUT2D eigenvalue weighted by molar-refractivity contribution is 5.95. The molecular weight excluding hydrogens is 410 g/mol. The van der Waals surface area contributed by atoms with Crippen LogP contribution in [0.1, 0.15) is 40.6 Å². The van der Waals surface area contributed by atoms with Crippen LogP contribution in [0.2, 0.25) is 0 Å². The fraction of sp³-hybridized carbons (Fsp3) is 0.304. The number of rotatable bonds is 3. The summed E-state index contributed by atoms with van der Waals surface area (Å²) < 4.78 is 5.03. The molecule has 1 fully saturated rings. The third kappa shape index (κ3) is 3.26. The van der Waals surface area contributed by atoms with Crippen molar-refractivity contribution in [1.29, 1.82) is 0 Å². The number of nitrogens with zero attached hydrogens (tertiary/aromatic N) is 4. The molecule has 2 atom stereocenters. The summed E-state index contributed by atoms with van der Waals surface area (Å²) in [5.41, 5.74) is 4.41. The van der Waals surface area contributed by atoms with Gasteiger partial charge in [0.15, 0.2) is 0 Å². The lowest BCUT2D eigenvalue weighted by atomic mass is 9.90. The van der Waals surface area contributed by atoms with E-state index in [1.54, 1.807) is 19.1 Å². The first-order valence-corrected chi connectivity index (χ1v) is 10.5. The molecule has 1 aromatic heterocycles. The number of hydrogen-bond acceptors (Lipinski definition) is 7.